The molecule has 70 valence electrons. The number of nitrogens with zero attached hydrogens (tertiary/aromatic N) is 1. The van der Waals surface area contributed by atoms with Crippen molar-refractivity contribution in [1.29, 1.82) is 0 Å². The predicted molar refractivity (Wildman–Crippen MR) is 45.8 cm³/mol. The molecule has 0 atom stereocenters. The summed E-state index contributed by atoms with van der Waals surface area (Å²) in [5.74, 6) is 0. The third-order valence-electron chi connectivity index (χ3n) is 2.06. The first kappa shape index (κ1) is 9.32. The largest absolute Gasteiger partial charge is 0.450 e. The van der Waals surface area contributed by atoms with E-state index in [-0.39, 0.29) is 0 Å². The molecule has 0 spiro atoms. The molecule has 1 saturated heterocycles. The molecule has 1 heterocycles. The first-order valence-electron chi connectivity index (χ1n) is 4.43. The van der Waals surface area contributed by atoms with Crippen molar-refractivity contribution in [3.63, 3.8) is 0 Å². The molecule has 0 radical (unpaired) electrons. The van der Waals surface area contributed by atoms with Crippen LogP contribution in [0, 0.1) is 0 Å². The molecule has 1 aliphatic rings. The van der Waals surface area contributed by atoms with Crippen molar-refractivity contribution < 1.29 is 9.53 Å². The summed E-state index contributed by atoms with van der Waals surface area (Å²) in [6.07, 6.45) is 2.83. The second-order valence-electron chi connectivity index (χ2n) is 3.07. The second kappa shape index (κ2) is 4.98. The number of nitrogens with two attached hydrogens (primary N) is 1. The van der Waals surface area contributed by atoms with E-state index in [1.54, 1.807) is 0 Å². The van der Waals surface area contributed by atoms with Gasteiger partial charge in [-0.1, -0.05) is 0 Å². The number of ether oxygens (including phenoxy) is 1. The predicted octanol–water partition coefficient (Wildman–Crippen LogP) is 0.568. The summed E-state index contributed by atoms with van der Waals surface area (Å²) in [6.45, 7) is 3.85. The zero-order chi connectivity index (χ0) is 8.81. The van der Waals surface area contributed by atoms with Crippen LogP contribution in [-0.2, 0) is 4.74 Å². The van der Waals surface area contributed by atoms with Gasteiger partial charge in [0.05, 0.1) is 6.61 Å². The van der Waals surface area contributed by atoms with E-state index >= 15 is 0 Å². The molecule has 0 aromatic heterocycles. The highest BCUT2D eigenvalue weighted by Gasteiger charge is 2.10. The average molecular weight is 172 g/mol. The molecule has 1 rings (SSSR count). The Morgan fingerprint density at radius 2 is 2.08 bits per heavy atom. The second-order valence-corrected chi connectivity index (χ2v) is 3.07. The molecule has 0 aromatic rings. The number of likely N-dealkylation sites (tertiary alicyclic amines) is 1. The third kappa shape index (κ3) is 3.57. The van der Waals surface area contributed by atoms with E-state index < -0.39 is 6.09 Å². The summed E-state index contributed by atoms with van der Waals surface area (Å²) in [4.78, 5) is 12.6. The molecule has 0 aliphatic carbocycles. The van der Waals surface area contributed by atoms with Gasteiger partial charge < -0.3 is 15.4 Å². The fourth-order valence-corrected chi connectivity index (χ4v) is 1.47. The van der Waals surface area contributed by atoms with Gasteiger partial charge in [0.25, 0.3) is 0 Å². The lowest BCUT2D eigenvalue weighted by Crippen LogP contribution is -2.22. The van der Waals surface area contributed by atoms with Gasteiger partial charge in [-0.25, -0.2) is 4.79 Å². The van der Waals surface area contributed by atoms with Crippen LogP contribution in [0.2, 0.25) is 0 Å². The minimum atomic E-state index is -0.670. The van der Waals surface area contributed by atoms with Crippen LogP contribution in [0.1, 0.15) is 19.3 Å². The van der Waals surface area contributed by atoms with E-state index in [1.165, 1.54) is 25.9 Å². The Kier molecular flexibility index (Phi) is 3.87. The van der Waals surface area contributed by atoms with Crippen LogP contribution in [-0.4, -0.2) is 37.2 Å². The minimum absolute atomic E-state index is 0.450. The summed E-state index contributed by atoms with van der Waals surface area (Å²) in [5, 5.41) is 0. The SMILES string of the molecule is NC(=O)OCCCN1CCCC1. The van der Waals surface area contributed by atoms with Gasteiger partial charge in [0, 0.05) is 6.54 Å². The van der Waals surface area contributed by atoms with E-state index in [0.717, 1.165) is 13.0 Å². The molecule has 0 bridgehead atoms. The van der Waals surface area contributed by atoms with E-state index in [9.17, 15) is 4.79 Å². The summed E-state index contributed by atoms with van der Waals surface area (Å²) >= 11 is 0. The molecule has 1 amide bonds. The number of carbonyl (C=O) groups is 1. The van der Waals surface area contributed by atoms with Gasteiger partial charge in [0.1, 0.15) is 0 Å². The maximum Gasteiger partial charge on any atom is 0.404 e. The zero-order valence-electron chi connectivity index (χ0n) is 7.29. The van der Waals surface area contributed by atoms with Crippen LogP contribution in [0.25, 0.3) is 0 Å². The van der Waals surface area contributed by atoms with Crippen LogP contribution < -0.4 is 5.73 Å². The molecule has 4 heteroatoms. The lowest BCUT2D eigenvalue weighted by Gasteiger charge is -2.13. The molecule has 2 N–H and O–H groups in total. The van der Waals surface area contributed by atoms with Gasteiger partial charge in [-0.05, 0) is 32.4 Å². The van der Waals surface area contributed by atoms with Crippen LogP contribution in [0.15, 0.2) is 0 Å². The summed E-state index contributed by atoms with van der Waals surface area (Å²) in [6, 6.07) is 0. The lowest BCUT2D eigenvalue weighted by atomic mass is 10.4. The zero-order valence-corrected chi connectivity index (χ0v) is 7.29. The van der Waals surface area contributed by atoms with Crippen molar-refractivity contribution in [2.45, 2.75) is 19.3 Å². The first-order chi connectivity index (χ1) is 5.79. The van der Waals surface area contributed by atoms with Gasteiger partial charge >= 0.3 is 6.09 Å². The maximum atomic E-state index is 10.2. The van der Waals surface area contributed by atoms with Crippen LogP contribution >= 0.6 is 0 Å². The Hall–Kier alpha value is -0.770. The highest BCUT2D eigenvalue weighted by Crippen LogP contribution is 2.06. The number of rotatable bonds is 4. The number of primary amides is 1. The number of hydrogen-bond donors (Lipinski definition) is 1. The highest BCUT2D eigenvalue weighted by molar-refractivity contribution is 5.64. The van der Waals surface area contributed by atoms with Crippen molar-refractivity contribution in [1.82, 2.24) is 4.90 Å². The summed E-state index contributed by atoms with van der Waals surface area (Å²) < 4.78 is 4.61. The Balaban J connectivity index is 1.91. The van der Waals surface area contributed by atoms with Crippen molar-refractivity contribution in [3.05, 3.63) is 0 Å². The summed E-state index contributed by atoms with van der Waals surface area (Å²) in [5.41, 5.74) is 4.81. The molecule has 1 fully saturated rings. The Labute approximate surface area is 72.7 Å². The molecule has 1 aliphatic heterocycles. The topological polar surface area (TPSA) is 55.6 Å². The van der Waals surface area contributed by atoms with E-state index in [4.69, 9.17) is 5.73 Å². The molecule has 4 nitrogen and oxygen atoms in total. The molecule has 12 heavy (non-hydrogen) atoms. The highest BCUT2D eigenvalue weighted by atomic mass is 16.5. The van der Waals surface area contributed by atoms with E-state index in [1.807, 2.05) is 0 Å². The van der Waals surface area contributed by atoms with E-state index in [2.05, 4.69) is 9.64 Å². The Morgan fingerprint density at radius 1 is 1.42 bits per heavy atom. The smallest absolute Gasteiger partial charge is 0.404 e. The fraction of sp³-hybridized carbons (Fsp3) is 0.875. The van der Waals surface area contributed by atoms with Crippen LogP contribution in [0.4, 0.5) is 4.79 Å². The third-order valence-corrected chi connectivity index (χ3v) is 2.06. The van der Waals surface area contributed by atoms with Crippen LogP contribution in [0.3, 0.4) is 0 Å². The quantitative estimate of drug-likeness (QED) is 0.631. The standard InChI is InChI=1S/C8H16N2O2/c9-8(11)12-7-3-6-10-4-1-2-5-10/h1-7H2,(H2,9,11). The number of carbonyl (C=O) groups excluding carboxylic acids is 1. The Bertz CT molecular complexity index is 144. The summed E-state index contributed by atoms with van der Waals surface area (Å²) in [7, 11) is 0. The molecule has 0 aromatic carbocycles. The number of amides is 1. The normalized spacial score (nSPS) is 18.0. The minimum Gasteiger partial charge on any atom is -0.450 e. The monoisotopic (exact) mass is 172 g/mol. The van der Waals surface area contributed by atoms with Crippen molar-refractivity contribution in [2.24, 2.45) is 5.73 Å². The van der Waals surface area contributed by atoms with Crippen molar-refractivity contribution >= 4 is 6.09 Å². The fourth-order valence-electron chi connectivity index (χ4n) is 1.47. The molecule has 0 saturated carbocycles. The van der Waals surface area contributed by atoms with Crippen molar-refractivity contribution in [3.8, 4) is 0 Å². The first-order valence-corrected chi connectivity index (χ1v) is 4.43. The van der Waals surface area contributed by atoms with E-state index in [0.29, 0.717) is 6.61 Å². The van der Waals surface area contributed by atoms with Crippen molar-refractivity contribution in [2.75, 3.05) is 26.2 Å². The maximum absolute atomic E-state index is 10.2. The van der Waals surface area contributed by atoms with Gasteiger partial charge in [0.15, 0.2) is 0 Å². The van der Waals surface area contributed by atoms with Gasteiger partial charge in [-0.3, -0.25) is 0 Å². The molecule has 0 unspecified atom stereocenters. The average Bonchev–Trinajstić information content (AvgIpc) is 2.49. The van der Waals surface area contributed by atoms with Crippen LogP contribution in [0.5, 0.6) is 0 Å². The Morgan fingerprint density at radius 3 is 2.67 bits per heavy atom. The van der Waals surface area contributed by atoms with Gasteiger partial charge in [0.2, 0.25) is 0 Å². The van der Waals surface area contributed by atoms with Gasteiger partial charge in [-0.2, -0.15) is 0 Å². The molecular formula is C8H16N2O2. The molecular weight excluding hydrogens is 156 g/mol. The van der Waals surface area contributed by atoms with Gasteiger partial charge in [-0.15, -0.1) is 0 Å². The lowest BCUT2D eigenvalue weighted by molar-refractivity contribution is 0.150. The number of hydrogen-bond acceptors (Lipinski definition) is 3.